The Bertz CT molecular complexity index is 1150. The van der Waals surface area contributed by atoms with E-state index < -0.39 is 10.0 Å². The number of aryl methyl sites for hydroxylation is 1. The molecular weight excluding hydrogens is 412 g/mol. The molecule has 0 saturated heterocycles. The number of para-hydroxylation sites is 1. The first kappa shape index (κ1) is 20.9. The predicted molar refractivity (Wildman–Crippen MR) is 122 cm³/mol. The Balaban J connectivity index is 1.43. The Morgan fingerprint density at radius 3 is 2.42 bits per heavy atom. The maximum Gasteiger partial charge on any atom is 0.258 e. The summed E-state index contributed by atoms with van der Waals surface area (Å²) in [5, 5.41) is 0. The molecule has 31 heavy (non-hydrogen) atoms. The fraction of sp³-hybridized carbons (Fsp3) is 0.208. The van der Waals surface area contributed by atoms with Crippen LogP contribution in [0.2, 0.25) is 0 Å². The average Bonchev–Trinajstić information content (AvgIpc) is 2.79. The van der Waals surface area contributed by atoms with E-state index in [2.05, 4.69) is 4.72 Å². The van der Waals surface area contributed by atoms with Gasteiger partial charge < -0.3 is 9.64 Å². The minimum absolute atomic E-state index is 0.0482. The number of amides is 1. The van der Waals surface area contributed by atoms with Gasteiger partial charge in [-0.15, -0.1) is 0 Å². The number of nitrogens with zero attached hydrogens (tertiary/aromatic N) is 1. The van der Waals surface area contributed by atoms with E-state index in [0.29, 0.717) is 23.5 Å². The maximum atomic E-state index is 12.9. The topological polar surface area (TPSA) is 75.7 Å². The molecule has 6 nitrogen and oxygen atoms in total. The lowest BCUT2D eigenvalue weighted by atomic mass is 10.00. The van der Waals surface area contributed by atoms with Crippen molar-refractivity contribution in [1.29, 1.82) is 0 Å². The molecule has 0 spiro atoms. The zero-order valence-electron chi connectivity index (χ0n) is 17.0. The zero-order chi connectivity index (χ0) is 21.7. The van der Waals surface area contributed by atoms with Gasteiger partial charge in [-0.25, -0.2) is 8.42 Å². The quantitative estimate of drug-likeness (QED) is 0.605. The van der Waals surface area contributed by atoms with Gasteiger partial charge in [0.25, 0.3) is 5.91 Å². The average molecular weight is 437 g/mol. The fourth-order valence-corrected chi connectivity index (χ4v) is 4.52. The van der Waals surface area contributed by atoms with E-state index >= 15 is 0 Å². The molecule has 0 aliphatic carbocycles. The van der Waals surface area contributed by atoms with Crippen LogP contribution in [0.1, 0.15) is 22.3 Å². The van der Waals surface area contributed by atoms with Gasteiger partial charge >= 0.3 is 0 Å². The van der Waals surface area contributed by atoms with Crippen LogP contribution in [0, 0.1) is 0 Å². The van der Waals surface area contributed by atoms with Crippen molar-refractivity contribution in [2.75, 3.05) is 28.5 Å². The van der Waals surface area contributed by atoms with E-state index in [1.54, 1.807) is 35.2 Å². The standard InChI is InChI=1S/C24H24N2O4S/c27-24(19-8-3-1-4-9-19)26-15-7-10-20-18-21(13-14-23(20)26)25-31(28,29)17-16-30-22-11-5-2-6-12-22/h1-6,8-9,11-14,18,25H,7,10,15-17H2. The molecule has 3 aromatic carbocycles. The highest BCUT2D eigenvalue weighted by atomic mass is 32.2. The summed E-state index contributed by atoms with van der Waals surface area (Å²) in [7, 11) is -3.56. The third-order valence-electron chi connectivity index (χ3n) is 5.10. The molecule has 1 heterocycles. The number of carbonyl (C=O) groups is 1. The van der Waals surface area contributed by atoms with Crippen LogP contribution >= 0.6 is 0 Å². The number of hydrogen-bond donors (Lipinski definition) is 1. The predicted octanol–water partition coefficient (Wildman–Crippen LogP) is 4.10. The summed E-state index contributed by atoms with van der Waals surface area (Å²) in [6, 6.07) is 23.6. The van der Waals surface area contributed by atoms with Gasteiger partial charge in [0.2, 0.25) is 10.0 Å². The monoisotopic (exact) mass is 436 g/mol. The lowest BCUT2D eigenvalue weighted by Gasteiger charge is -2.30. The van der Waals surface area contributed by atoms with Gasteiger partial charge in [0.15, 0.2) is 0 Å². The zero-order valence-corrected chi connectivity index (χ0v) is 17.8. The van der Waals surface area contributed by atoms with E-state index in [1.807, 2.05) is 48.5 Å². The van der Waals surface area contributed by atoms with Gasteiger partial charge in [-0.3, -0.25) is 9.52 Å². The van der Waals surface area contributed by atoms with Crippen molar-refractivity contribution in [1.82, 2.24) is 0 Å². The van der Waals surface area contributed by atoms with Crippen molar-refractivity contribution in [3.8, 4) is 5.75 Å². The first-order valence-corrected chi connectivity index (χ1v) is 11.9. The smallest absolute Gasteiger partial charge is 0.258 e. The van der Waals surface area contributed by atoms with E-state index in [4.69, 9.17) is 4.74 Å². The second-order valence-corrected chi connectivity index (χ2v) is 9.19. The third kappa shape index (κ3) is 5.24. The van der Waals surface area contributed by atoms with Crippen LogP contribution in [0.15, 0.2) is 78.9 Å². The molecule has 0 unspecified atom stereocenters. The van der Waals surface area contributed by atoms with Crippen LogP contribution in [0.25, 0.3) is 0 Å². The van der Waals surface area contributed by atoms with Crippen LogP contribution in [-0.2, 0) is 16.4 Å². The highest BCUT2D eigenvalue weighted by Crippen LogP contribution is 2.31. The second-order valence-electron chi connectivity index (χ2n) is 7.35. The lowest BCUT2D eigenvalue weighted by molar-refractivity contribution is 0.0985. The normalized spacial score (nSPS) is 13.4. The molecule has 160 valence electrons. The molecule has 1 aliphatic rings. The summed E-state index contributed by atoms with van der Waals surface area (Å²) in [5.41, 5.74) is 2.91. The van der Waals surface area contributed by atoms with Crippen molar-refractivity contribution in [2.24, 2.45) is 0 Å². The minimum Gasteiger partial charge on any atom is -0.492 e. The molecule has 1 amide bonds. The van der Waals surface area contributed by atoms with E-state index in [9.17, 15) is 13.2 Å². The number of anilines is 2. The number of benzene rings is 3. The third-order valence-corrected chi connectivity index (χ3v) is 6.35. The highest BCUT2D eigenvalue weighted by Gasteiger charge is 2.24. The van der Waals surface area contributed by atoms with Gasteiger partial charge in [-0.1, -0.05) is 36.4 Å². The number of ether oxygens (including phenoxy) is 1. The van der Waals surface area contributed by atoms with Crippen LogP contribution < -0.4 is 14.4 Å². The molecule has 1 aliphatic heterocycles. The molecule has 1 N–H and O–H groups in total. The summed E-state index contributed by atoms with van der Waals surface area (Å²) in [5.74, 6) is 0.431. The molecule has 0 atom stereocenters. The van der Waals surface area contributed by atoms with Crippen LogP contribution in [0.3, 0.4) is 0 Å². The molecule has 0 fully saturated rings. The maximum absolute atomic E-state index is 12.9. The molecule has 4 rings (SSSR count). The lowest BCUT2D eigenvalue weighted by Crippen LogP contribution is -2.35. The van der Waals surface area contributed by atoms with E-state index in [-0.39, 0.29) is 18.3 Å². The van der Waals surface area contributed by atoms with E-state index in [0.717, 1.165) is 24.1 Å². The Morgan fingerprint density at radius 1 is 0.968 bits per heavy atom. The van der Waals surface area contributed by atoms with Crippen molar-refractivity contribution in [3.05, 3.63) is 90.0 Å². The molecule has 0 aromatic heterocycles. The number of nitrogens with one attached hydrogen (secondary N) is 1. The van der Waals surface area contributed by atoms with Crippen molar-refractivity contribution >= 4 is 27.3 Å². The summed E-state index contributed by atoms with van der Waals surface area (Å²) in [6.45, 7) is 0.701. The number of hydrogen-bond acceptors (Lipinski definition) is 4. The van der Waals surface area contributed by atoms with Crippen molar-refractivity contribution < 1.29 is 17.9 Å². The van der Waals surface area contributed by atoms with Crippen molar-refractivity contribution in [2.45, 2.75) is 12.8 Å². The Kier molecular flexibility index (Phi) is 6.23. The first-order valence-electron chi connectivity index (χ1n) is 10.2. The van der Waals surface area contributed by atoms with Crippen LogP contribution in [-0.4, -0.2) is 33.2 Å². The molecular formula is C24H24N2O4S. The summed E-state index contributed by atoms with van der Waals surface area (Å²) in [4.78, 5) is 14.7. The number of rotatable bonds is 7. The van der Waals surface area contributed by atoms with Crippen molar-refractivity contribution in [3.63, 3.8) is 0 Å². The van der Waals surface area contributed by atoms with Gasteiger partial charge in [-0.05, 0) is 60.9 Å². The first-order chi connectivity index (χ1) is 15.0. The largest absolute Gasteiger partial charge is 0.492 e. The molecule has 0 radical (unpaired) electrons. The second kappa shape index (κ2) is 9.22. The number of fused-ring (bicyclic) bond motifs is 1. The van der Waals surface area contributed by atoms with Gasteiger partial charge in [0, 0.05) is 23.5 Å². The van der Waals surface area contributed by atoms with E-state index in [1.165, 1.54) is 0 Å². The van der Waals surface area contributed by atoms with Crippen LogP contribution in [0.4, 0.5) is 11.4 Å². The highest BCUT2D eigenvalue weighted by molar-refractivity contribution is 7.92. The SMILES string of the molecule is O=C(c1ccccc1)N1CCCc2cc(NS(=O)(=O)CCOc3ccccc3)ccc21. The minimum atomic E-state index is -3.56. The molecule has 0 saturated carbocycles. The van der Waals surface area contributed by atoms with Gasteiger partial charge in [0.1, 0.15) is 18.1 Å². The Labute approximate surface area is 182 Å². The molecule has 3 aromatic rings. The Morgan fingerprint density at radius 2 is 1.68 bits per heavy atom. The van der Waals surface area contributed by atoms with Crippen LogP contribution in [0.5, 0.6) is 5.75 Å². The summed E-state index contributed by atoms with van der Waals surface area (Å²) >= 11 is 0. The number of sulfonamides is 1. The molecule has 0 bridgehead atoms. The number of carbonyl (C=O) groups excluding carboxylic acids is 1. The van der Waals surface area contributed by atoms with Gasteiger partial charge in [-0.2, -0.15) is 0 Å². The fourth-order valence-electron chi connectivity index (χ4n) is 3.62. The summed E-state index contributed by atoms with van der Waals surface area (Å²) in [6.07, 6.45) is 1.62. The van der Waals surface area contributed by atoms with Gasteiger partial charge in [0.05, 0.1) is 0 Å². The Hall–Kier alpha value is -3.32. The summed E-state index contributed by atoms with van der Waals surface area (Å²) < 4.78 is 33.0. The molecule has 7 heteroatoms.